The molecule has 0 aliphatic rings. The molecule has 20 heavy (non-hydrogen) atoms. The van der Waals surface area contributed by atoms with E-state index in [0.29, 0.717) is 4.47 Å². The number of halogens is 2. The van der Waals surface area contributed by atoms with Crippen LogP contribution >= 0.6 is 15.9 Å². The number of carboxylic acids is 2. The van der Waals surface area contributed by atoms with Crippen molar-refractivity contribution >= 4 is 33.8 Å². The number of benzene rings is 1. The molecule has 0 aliphatic heterocycles. The van der Waals surface area contributed by atoms with Crippen LogP contribution in [0.2, 0.25) is 0 Å². The topological polar surface area (TPSA) is 104 Å². The fraction of sp³-hybridized carbons (Fsp3) is 0.250. The summed E-state index contributed by atoms with van der Waals surface area (Å²) in [6, 6.07) is 2.32. The van der Waals surface area contributed by atoms with E-state index in [-0.39, 0.29) is 12.0 Å². The molecule has 3 N–H and O–H groups in total. The molecule has 0 unspecified atom stereocenters. The molecular weight excluding hydrogens is 337 g/mol. The van der Waals surface area contributed by atoms with Gasteiger partial charge in [-0.1, -0.05) is 15.9 Å². The van der Waals surface area contributed by atoms with Crippen molar-refractivity contribution in [3.63, 3.8) is 0 Å². The summed E-state index contributed by atoms with van der Waals surface area (Å²) in [4.78, 5) is 33.1. The molecule has 8 heteroatoms. The Balaban J connectivity index is 2.80. The second-order valence-corrected chi connectivity index (χ2v) is 4.84. The van der Waals surface area contributed by atoms with Gasteiger partial charge in [0.25, 0.3) is 5.91 Å². The fourth-order valence-corrected chi connectivity index (χ4v) is 1.77. The van der Waals surface area contributed by atoms with Crippen molar-refractivity contribution in [1.82, 2.24) is 5.32 Å². The first kappa shape index (κ1) is 16.1. The molecule has 0 bridgehead atoms. The van der Waals surface area contributed by atoms with E-state index in [1.165, 1.54) is 12.1 Å². The summed E-state index contributed by atoms with van der Waals surface area (Å²) >= 11 is 3.03. The Bertz CT molecular complexity index is 549. The molecule has 0 spiro atoms. The summed E-state index contributed by atoms with van der Waals surface area (Å²) in [5.74, 6) is -4.27. The number of hydrogen-bond acceptors (Lipinski definition) is 3. The average Bonchev–Trinajstić information content (AvgIpc) is 2.33. The molecule has 6 nitrogen and oxygen atoms in total. The zero-order valence-corrected chi connectivity index (χ0v) is 11.7. The van der Waals surface area contributed by atoms with Crippen LogP contribution in [0.5, 0.6) is 0 Å². The Hall–Kier alpha value is -1.96. The largest absolute Gasteiger partial charge is 0.481 e. The number of nitrogens with one attached hydrogen (secondary N) is 1. The standard InChI is InChI=1S/C12H11BrFNO5/c13-6-1-2-7(8(14)5-6)11(18)15-9(12(19)20)3-4-10(16)17/h1-2,5,9H,3-4H2,(H,15,18)(H,16,17)(H,19,20)/t9-/m0/s1. The van der Waals surface area contributed by atoms with Crippen LogP contribution in [0.25, 0.3) is 0 Å². The van der Waals surface area contributed by atoms with Gasteiger partial charge in [0.1, 0.15) is 11.9 Å². The number of carboxylic acid groups (broad SMARTS) is 2. The number of carbonyl (C=O) groups excluding carboxylic acids is 1. The van der Waals surface area contributed by atoms with Gasteiger partial charge in [-0.3, -0.25) is 9.59 Å². The molecule has 0 heterocycles. The van der Waals surface area contributed by atoms with Crippen LogP contribution in [0.1, 0.15) is 23.2 Å². The highest BCUT2D eigenvalue weighted by Gasteiger charge is 2.23. The summed E-state index contributed by atoms with van der Waals surface area (Å²) in [5, 5.41) is 19.5. The van der Waals surface area contributed by atoms with Crippen molar-refractivity contribution in [2.75, 3.05) is 0 Å². The normalized spacial score (nSPS) is 11.7. The van der Waals surface area contributed by atoms with Gasteiger partial charge >= 0.3 is 11.9 Å². The lowest BCUT2D eigenvalue weighted by molar-refractivity contribution is -0.140. The van der Waals surface area contributed by atoms with Gasteiger partial charge in [0.05, 0.1) is 5.56 Å². The van der Waals surface area contributed by atoms with Gasteiger partial charge in [-0.15, -0.1) is 0 Å². The van der Waals surface area contributed by atoms with Crippen molar-refractivity contribution in [2.24, 2.45) is 0 Å². The van der Waals surface area contributed by atoms with Crippen LogP contribution in [0.3, 0.4) is 0 Å². The van der Waals surface area contributed by atoms with Crippen LogP contribution in [0.15, 0.2) is 22.7 Å². The maximum absolute atomic E-state index is 13.5. The molecule has 0 saturated heterocycles. The number of amides is 1. The summed E-state index contributed by atoms with van der Waals surface area (Å²) in [6.07, 6.45) is -0.700. The van der Waals surface area contributed by atoms with Crippen LogP contribution < -0.4 is 5.32 Å². The number of hydrogen-bond donors (Lipinski definition) is 3. The SMILES string of the molecule is O=C(O)CC[C@H](NC(=O)c1ccc(Br)cc1F)C(=O)O. The molecule has 0 aliphatic carbocycles. The highest BCUT2D eigenvalue weighted by Crippen LogP contribution is 2.15. The van der Waals surface area contributed by atoms with Gasteiger partial charge in [-0.2, -0.15) is 0 Å². The lowest BCUT2D eigenvalue weighted by Gasteiger charge is -2.13. The monoisotopic (exact) mass is 347 g/mol. The smallest absolute Gasteiger partial charge is 0.326 e. The predicted molar refractivity (Wildman–Crippen MR) is 69.9 cm³/mol. The van der Waals surface area contributed by atoms with Gasteiger partial charge in [-0.05, 0) is 24.6 Å². The number of rotatable bonds is 6. The van der Waals surface area contributed by atoms with Gasteiger partial charge in [0, 0.05) is 10.9 Å². The maximum Gasteiger partial charge on any atom is 0.326 e. The van der Waals surface area contributed by atoms with Crippen molar-refractivity contribution in [2.45, 2.75) is 18.9 Å². The Kier molecular flexibility index (Phi) is 5.63. The molecule has 1 amide bonds. The van der Waals surface area contributed by atoms with Gasteiger partial charge in [0.15, 0.2) is 0 Å². The molecule has 0 fully saturated rings. The van der Waals surface area contributed by atoms with E-state index in [2.05, 4.69) is 21.2 Å². The van der Waals surface area contributed by atoms with E-state index < -0.39 is 36.1 Å². The summed E-state index contributed by atoms with van der Waals surface area (Å²) in [6.45, 7) is 0. The first-order valence-electron chi connectivity index (χ1n) is 5.51. The van der Waals surface area contributed by atoms with Gasteiger partial charge < -0.3 is 15.5 Å². The number of aliphatic carboxylic acids is 2. The second kappa shape index (κ2) is 6.99. The molecule has 1 aromatic rings. The highest BCUT2D eigenvalue weighted by atomic mass is 79.9. The van der Waals surface area contributed by atoms with Crippen molar-refractivity contribution in [3.05, 3.63) is 34.1 Å². The van der Waals surface area contributed by atoms with E-state index in [9.17, 15) is 18.8 Å². The van der Waals surface area contributed by atoms with Crippen LogP contribution in [0, 0.1) is 5.82 Å². The molecular formula is C12H11BrFNO5. The van der Waals surface area contributed by atoms with E-state index in [1.54, 1.807) is 0 Å². The minimum atomic E-state index is -1.39. The third-order valence-corrected chi connectivity index (χ3v) is 2.92. The Morgan fingerprint density at radius 3 is 2.45 bits per heavy atom. The summed E-state index contributed by atoms with van der Waals surface area (Å²) < 4.78 is 14.0. The lowest BCUT2D eigenvalue weighted by Crippen LogP contribution is -2.41. The van der Waals surface area contributed by atoms with Crippen LogP contribution in [-0.2, 0) is 9.59 Å². The van der Waals surface area contributed by atoms with E-state index in [1.807, 2.05) is 0 Å². The van der Waals surface area contributed by atoms with E-state index in [4.69, 9.17) is 10.2 Å². The summed E-state index contributed by atoms with van der Waals surface area (Å²) in [7, 11) is 0. The molecule has 1 aromatic carbocycles. The third-order valence-electron chi connectivity index (χ3n) is 2.43. The third kappa shape index (κ3) is 4.61. The minimum absolute atomic E-state index is 0.283. The van der Waals surface area contributed by atoms with E-state index >= 15 is 0 Å². The van der Waals surface area contributed by atoms with Gasteiger partial charge in [0.2, 0.25) is 0 Å². The van der Waals surface area contributed by atoms with Crippen molar-refractivity contribution < 1.29 is 29.0 Å². The minimum Gasteiger partial charge on any atom is -0.481 e. The predicted octanol–water partition coefficient (Wildman–Crippen LogP) is 1.64. The Morgan fingerprint density at radius 1 is 1.30 bits per heavy atom. The molecule has 0 aromatic heterocycles. The quantitative estimate of drug-likeness (QED) is 0.725. The van der Waals surface area contributed by atoms with Crippen LogP contribution in [-0.4, -0.2) is 34.1 Å². The maximum atomic E-state index is 13.5. The summed E-state index contributed by atoms with van der Waals surface area (Å²) in [5.41, 5.74) is -0.310. The Labute approximate surface area is 121 Å². The zero-order valence-electron chi connectivity index (χ0n) is 10.1. The van der Waals surface area contributed by atoms with Crippen molar-refractivity contribution in [1.29, 1.82) is 0 Å². The first-order chi connectivity index (χ1) is 9.31. The lowest BCUT2D eigenvalue weighted by atomic mass is 10.1. The molecule has 0 radical (unpaired) electrons. The second-order valence-electron chi connectivity index (χ2n) is 3.92. The Morgan fingerprint density at radius 2 is 1.95 bits per heavy atom. The van der Waals surface area contributed by atoms with E-state index in [0.717, 1.165) is 6.07 Å². The zero-order chi connectivity index (χ0) is 15.3. The average molecular weight is 348 g/mol. The molecule has 0 saturated carbocycles. The first-order valence-corrected chi connectivity index (χ1v) is 6.31. The number of carbonyl (C=O) groups is 3. The van der Waals surface area contributed by atoms with Gasteiger partial charge in [-0.25, -0.2) is 9.18 Å². The molecule has 1 rings (SSSR count). The van der Waals surface area contributed by atoms with Crippen molar-refractivity contribution in [3.8, 4) is 0 Å². The van der Waals surface area contributed by atoms with Crippen LogP contribution in [0.4, 0.5) is 4.39 Å². The fourth-order valence-electron chi connectivity index (χ4n) is 1.43. The highest BCUT2D eigenvalue weighted by molar-refractivity contribution is 9.10. The molecule has 1 atom stereocenters. The molecule has 108 valence electrons.